The molecule has 1 aliphatic rings. The smallest absolute Gasteiger partial charge is 0.222 e. The highest BCUT2D eigenvalue weighted by Crippen LogP contribution is 2.33. The monoisotopic (exact) mass is 398 g/mol. The van der Waals surface area contributed by atoms with Crippen LogP contribution in [0.4, 0.5) is 0 Å². The van der Waals surface area contributed by atoms with Crippen molar-refractivity contribution in [3.05, 3.63) is 53.1 Å². The van der Waals surface area contributed by atoms with Gasteiger partial charge in [0.15, 0.2) is 11.5 Å². The molecule has 0 saturated carbocycles. The van der Waals surface area contributed by atoms with Gasteiger partial charge in [-0.2, -0.15) is 0 Å². The number of nitrogens with one attached hydrogen (secondary N) is 1. The van der Waals surface area contributed by atoms with E-state index in [0.29, 0.717) is 18.7 Å². The van der Waals surface area contributed by atoms with Gasteiger partial charge in [-0.15, -0.1) is 0 Å². The number of para-hydroxylation sites is 1. The van der Waals surface area contributed by atoms with Crippen molar-refractivity contribution in [2.24, 2.45) is 0 Å². The topological polar surface area (TPSA) is 60.0 Å². The normalized spacial score (nSPS) is 13.0. The molecule has 0 saturated heterocycles. The largest absolute Gasteiger partial charge is 0.496 e. The number of nitrogens with zero attached hydrogens (tertiary/aromatic N) is 1. The number of hydrogen-bond donors (Lipinski definition) is 1. The fourth-order valence-electron chi connectivity index (χ4n) is 3.69. The summed E-state index contributed by atoms with van der Waals surface area (Å²) in [5.41, 5.74) is 3.49. The van der Waals surface area contributed by atoms with Gasteiger partial charge in [0, 0.05) is 31.6 Å². The van der Waals surface area contributed by atoms with Gasteiger partial charge in [0.2, 0.25) is 5.91 Å². The number of rotatable bonds is 9. The third kappa shape index (κ3) is 5.21. The molecule has 0 radical (unpaired) electrons. The minimum absolute atomic E-state index is 0.199. The van der Waals surface area contributed by atoms with Crippen LogP contribution in [0.1, 0.15) is 29.5 Å². The maximum atomic E-state index is 12.6. The number of carbonyl (C=O) groups excluding carboxylic acids is 1. The second-order valence-corrected chi connectivity index (χ2v) is 7.13. The lowest BCUT2D eigenvalue weighted by Gasteiger charge is -2.29. The van der Waals surface area contributed by atoms with Crippen LogP contribution in [0.2, 0.25) is 0 Å². The molecule has 1 amide bonds. The van der Waals surface area contributed by atoms with Gasteiger partial charge in [-0.3, -0.25) is 4.79 Å². The van der Waals surface area contributed by atoms with Crippen molar-refractivity contribution in [3.8, 4) is 17.2 Å². The Labute approximate surface area is 172 Å². The van der Waals surface area contributed by atoms with Crippen molar-refractivity contribution >= 4 is 5.91 Å². The molecular weight excluding hydrogens is 368 g/mol. The van der Waals surface area contributed by atoms with E-state index in [9.17, 15) is 4.79 Å². The fourth-order valence-corrected chi connectivity index (χ4v) is 3.69. The maximum Gasteiger partial charge on any atom is 0.222 e. The Morgan fingerprint density at radius 1 is 1.00 bits per heavy atom. The summed E-state index contributed by atoms with van der Waals surface area (Å²) in [6, 6.07) is 12.0. The van der Waals surface area contributed by atoms with Crippen LogP contribution in [0.3, 0.4) is 0 Å². The standard InChI is InChI=1S/C23H30N2O4/c1-27-20-8-5-4-7-18(20)15-24-11-6-9-23(26)25-12-10-17-13-21(28-2)22(29-3)14-19(17)16-25/h4-5,7-8,13-14,24H,6,9-12,15-16H2,1-3H3. The lowest BCUT2D eigenvalue weighted by molar-refractivity contribution is -0.132. The molecule has 0 aliphatic carbocycles. The van der Waals surface area contributed by atoms with Gasteiger partial charge in [0.1, 0.15) is 5.75 Å². The number of methoxy groups -OCH3 is 3. The Balaban J connectivity index is 1.46. The Bertz CT molecular complexity index is 838. The summed E-state index contributed by atoms with van der Waals surface area (Å²) in [7, 11) is 4.96. The third-order valence-electron chi connectivity index (χ3n) is 5.32. The van der Waals surface area contributed by atoms with Crippen LogP contribution >= 0.6 is 0 Å². The maximum absolute atomic E-state index is 12.6. The van der Waals surface area contributed by atoms with E-state index in [4.69, 9.17) is 14.2 Å². The zero-order chi connectivity index (χ0) is 20.6. The molecule has 0 spiro atoms. The molecule has 156 valence electrons. The van der Waals surface area contributed by atoms with Gasteiger partial charge < -0.3 is 24.4 Å². The van der Waals surface area contributed by atoms with Crippen LogP contribution in [0.25, 0.3) is 0 Å². The zero-order valence-corrected chi connectivity index (χ0v) is 17.5. The lowest BCUT2D eigenvalue weighted by Crippen LogP contribution is -2.36. The minimum atomic E-state index is 0.199. The van der Waals surface area contributed by atoms with Crippen molar-refractivity contribution in [1.29, 1.82) is 0 Å². The van der Waals surface area contributed by atoms with E-state index in [0.717, 1.165) is 55.1 Å². The third-order valence-corrected chi connectivity index (χ3v) is 5.32. The second kappa shape index (κ2) is 10.2. The molecule has 1 aliphatic heterocycles. The lowest BCUT2D eigenvalue weighted by atomic mass is 9.98. The highest BCUT2D eigenvalue weighted by Gasteiger charge is 2.22. The Morgan fingerprint density at radius 3 is 2.41 bits per heavy atom. The molecule has 6 heteroatoms. The minimum Gasteiger partial charge on any atom is -0.496 e. The number of carbonyl (C=O) groups is 1. The van der Waals surface area contributed by atoms with E-state index in [1.165, 1.54) is 5.56 Å². The predicted molar refractivity (Wildman–Crippen MR) is 113 cm³/mol. The predicted octanol–water partition coefficient (Wildman–Crippen LogP) is 3.17. The summed E-state index contributed by atoms with van der Waals surface area (Å²) in [5.74, 6) is 2.54. The number of fused-ring (bicyclic) bond motifs is 1. The average molecular weight is 399 g/mol. The second-order valence-electron chi connectivity index (χ2n) is 7.13. The van der Waals surface area contributed by atoms with Crippen molar-refractivity contribution in [2.75, 3.05) is 34.4 Å². The summed E-state index contributed by atoms with van der Waals surface area (Å²) in [5, 5.41) is 3.40. The van der Waals surface area contributed by atoms with Gasteiger partial charge in [0.05, 0.1) is 21.3 Å². The number of ether oxygens (including phenoxy) is 3. The molecule has 3 rings (SSSR count). The molecule has 0 unspecified atom stereocenters. The van der Waals surface area contributed by atoms with Gasteiger partial charge in [-0.25, -0.2) is 0 Å². The first-order chi connectivity index (χ1) is 14.2. The first-order valence-electron chi connectivity index (χ1n) is 10.0. The van der Waals surface area contributed by atoms with E-state index < -0.39 is 0 Å². The quantitative estimate of drug-likeness (QED) is 0.658. The van der Waals surface area contributed by atoms with Gasteiger partial charge >= 0.3 is 0 Å². The van der Waals surface area contributed by atoms with Crippen LogP contribution < -0.4 is 19.5 Å². The fraction of sp³-hybridized carbons (Fsp3) is 0.435. The summed E-state index contributed by atoms with van der Waals surface area (Å²) >= 11 is 0. The van der Waals surface area contributed by atoms with Crippen LogP contribution in [-0.4, -0.2) is 45.2 Å². The van der Waals surface area contributed by atoms with Crippen molar-refractivity contribution in [2.45, 2.75) is 32.4 Å². The first kappa shape index (κ1) is 21.0. The first-order valence-corrected chi connectivity index (χ1v) is 10.0. The van der Waals surface area contributed by atoms with Crippen LogP contribution in [0, 0.1) is 0 Å². The Kier molecular flexibility index (Phi) is 7.36. The molecule has 0 fully saturated rings. The van der Waals surface area contributed by atoms with E-state index >= 15 is 0 Å². The molecule has 0 atom stereocenters. The van der Waals surface area contributed by atoms with Gasteiger partial charge in [-0.05, 0) is 48.7 Å². The van der Waals surface area contributed by atoms with Crippen LogP contribution in [-0.2, 0) is 24.3 Å². The molecule has 6 nitrogen and oxygen atoms in total. The molecule has 2 aromatic rings. The van der Waals surface area contributed by atoms with Crippen molar-refractivity contribution in [1.82, 2.24) is 10.2 Å². The summed E-state index contributed by atoms with van der Waals surface area (Å²) < 4.78 is 16.1. The number of benzene rings is 2. The average Bonchev–Trinajstić information content (AvgIpc) is 2.77. The molecular formula is C23H30N2O4. The Hall–Kier alpha value is -2.73. The molecule has 1 N–H and O–H groups in total. The molecule has 0 bridgehead atoms. The number of hydrogen-bond acceptors (Lipinski definition) is 5. The number of amides is 1. The molecule has 2 aromatic carbocycles. The Morgan fingerprint density at radius 2 is 1.69 bits per heavy atom. The van der Waals surface area contributed by atoms with Gasteiger partial charge in [-0.1, -0.05) is 18.2 Å². The summed E-state index contributed by atoms with van der Waals surface area (Å²) in [4.78, 5) is 14.6. The van der Waals surface area contributed by atoms with E-state index in [1.54, 1.807) is 21.3 Å². The van der Waals surface area contributed by atoms with Crippen LogP contribution in [0.15, 0.2) is 36.4 Å². The molecule has 0 aromatic heterocycles. The SMILES string of the molecule is COc1ccccc1CNCCCC(=O)N1CCc2cc(OC)c(OC)cc2C1. The van der Waals surface area contributed by atoms with Crippen LogP contribution in [0.5, 0.6) is 17.2 Å². The highest BCUT2D eigenvalue weighted by molar-refractivity contribution is 5.76. The molecule has 1 heterocycles. The summed E-state index contributed by atoms with van der Waals surface area (Å²) in [6.45, 7) is 2.90. The van der Waals surface area contributed by atoms with Crippen molar-refractivity contribution < 1.29 is 19.0 Å². The molecule has 29 heavy (non-hydrogen) atoms. The van der Waals surface area contributed by atoms with Gasteiger partial charge in [0.25, 0.3) is 0 Å². The van der Waals surface area contributed by atoms with Crippen molar-refractivity contribution in [3.63, 3.8) is 0 Å². The van der Waals surface area contributed by atoms with E-state index in [-0.39, 0.29) is 5.91 Å². The zero-order valence-electron chi connectivity index (χ0n) is 17.5. The van der Waals surface area contributed by atoms with E-state index in [1.807, 2.05) is 41.3 Å². The van der Waals surface area contributed by atoms with E-state index in [2.05, 4.69) is 5.32 Å². The highest BCUT2D eigenvalue weighted by atomic mass is 16.5. The summed E-state index contributed by atoms with van der Waals surface area (Å²) in [6.07, 6.45) is 2.19.